The van der Waals surface area contributed by atoms with Gasteiger partial charge in [0.15, 0.2) is 0 Å². The molecule has 0 aliphatic heterocycles. The lowest BCUT2D eigenvalue weighted by Gasteiger charge is -2.20. The summed E-state index contributed by atoms with van der Waals surface area (Å²) in [6.45, 7) is 9.91. The predicted molar refractivity (Wildman–Crippen MR) is 65.9 cm³/mol. The molecule has 0 saturated carbocycles. The van der Waals surface area contributed by atoms with Crippen molar-refractivity contribution in [3.05, 3.63) is 18.2 Å². The molecule has 1 rings (SSSR count). The number of nitrogens with two attached hydrogens (primary N) is 1. The number of hydrogen-bond donors (Lipinski definition) is 1. The van der Waals surface area contributed by atoms with Gasteiger partial charge in [-0.3, -0.25) is 0 Å². The van der Waals surface area contributed by atoms with E-state index in [0.717, 1.165) is 5.69 Å². The number of carbonyl (C=O) groups is 1. The molecule has 0 aliphatic carbocycles. The number of nitrogens with zero attached hydrogens (tertiary/aromatic N) is 2. The van der Waals surface area contributed by atoms with Gasteiger partial charge in [0.1, 0.15) is 11.9 Å². The summed E-state index contributed by atoms with van der Waals surface area (Å²) in [6.07, 6.45) is 2.70. The van der Waals surface area contributed by atoms with E-state index in [1.807, 2.05) is 34.6 Å². The van der Waals surface area contributed by atoms with Gasteiger partial charge in [-0.2, -0.15) is 0 Å². The molecule has 0 unspecified atom stereocenters. The second kappa shape index (κ2) is 4.49. The highest BCUT2D eigenvalue weighted by Crippen LogP contribution is 2.19. The van der Waals surface area contributed by atoms with Gasteiger partial charge in [-0.1, -0.05) is 13.8 Å². The van der Waals surface area contributed by atoms with Crippen molar-refractivity contribution in [1.82, 2.24) is 9.55 Å². The first-order valence-corrected chi connectivity index (χ1v) is 5.63. The first-order valence-electron chi connectivity index (χ1n) is 5.63. The van der Waals surface area contributed by atoms with Crippen molar-refractivity contribution in [2.45, 2.75) is 45.6 Å². The number of aromatic nitrogens is 2. The van der Waals surface area contributed by atoms with Crippen LogP contribution >= 0.6 is 0 Å². The molecule has 1 heterocycles. The second-order valence-electron chi connectivity index (χ2n) is 5.73. The molecule has 0 atom stereocenters. The van der Waals surface area contributed by atoms with Gasteiger partial charge in [-0.15, -0.1) is 0 Å². The van der Waals surface area contributed by atoms with Crippen LogP contribution in [0.2, 0.25) is 0 Å². The van der Waals surface area contributed by atoms with Crippen LogP contribution < -0.4 is 5.73 Å². The van der Waals surface area contributed by atoms with Crippen LogP contribution in [0.25, 0.3) is 0 Å². The summed E-state index contributed by atoms with van der Waals surface area (Å²) < 4.78 is 6.58. The van der Waals surface area contributed by atoms with Crippen molar-refractivity contribution in [2.24, 2.45) is 5.73 Å². The van der Waals surface area contributed by atoms with Gasteiger partial charge in [0.05, 0.1) is 5.69 Å². The highest BCUT2D eigenvalue weighted by Gasteiger charge is 2.24. The molecule has 17 heavy (non-hydrogen) atoms. The maximum Gasteiger partial charge on any atom is 0.419 e. The fourth-order valence-electron chi connectivity index (χ4n) is 1.19. The molecule has 0 spiro atoms. The van der Waals surface area contributed by atoms with E-state index >= 15 is 0 Å². The molecule has 5 heteroatoms. The molecule has 1 aromatic rings. The number of carbonyl (C=O) groups excluding carboxylic acids is 1. The molecule has 0 amide bonds. The smallest absolute Gasteiger partial charge is 0.419 e. The van der Waals surface area contributed by atoms with Crippen LogP contribution in [0.5, 0.6) is 0 Å². The maximum atomic E-state index is 11.8. The number of imidazole rings is 1. The molecule has 0 aromatic carbocycles. The first kappa shape index (κ1) is 13.7. The minimum Gasteiger partial charge on any atom is -0.443 e. The zero-order chi connectivity index (χ0) is 13.3. The van der Waals surface area contributed by atoms with Gasteiger partial charge in [-0.05, 0) is 20.8 Å². The molecule has 96 valence electrons. The van der Waals surface area contributed by atoms with Crippen molar-refractivity contribution < 1.29 is 9.53 Å². The Bertz CT molecular complexity index is 402. The van der Waals surface area contributed by atoms with Gasteiger partial charge in [0, 0.05) is 18.2 Å². The normalized spacial score (nSPS) is 12.6. The summed E-state index contributed by atoms with van der Waals surface area (Å²) in [4.78, 5) is 16.0. The number of rotatable bonds is 2. The first-order chi connectivity index (χ1) is 7.65. The Morgan fingerprint density at radius 2 is 2.00 bits per heavy atom. The Kier molecular flexibility index (Phi) is 3.62. The lowest BCUT2D eigenvalue weighted by molar-refractivity contribution is 0.0536. The highest BCUT2D eigenvalue weighted by molar-refractivity contribution is 5.70. The lowest BCUT2D eigenvalue weighted by atomic mass is 9.90. The van der Waals surface area contributed by atoms with E-state index in [9.17, 15) is 4.79 Å². The van der Waals surface area contributed by atoms with Crippen molar-refractivity contribution >= 4 is 6.09 Å². The Morgan fingerprint density at radius 3 is 2.47 bits per heavy atom. The monoisotopic (exact) mass is 239 g/mol. The van der Waals surface area contributed by atoms with Crippen LogP contribution in [-0.2, 0) is 10.2 Å². The van der Waals surface area contributed by atoms with Crippen LogP contribution in [0.15, 0.2) is 12.5 Å². The topological polar surface area (TPSA) is 70.1 Å². The fourth-order valence-corrected chi connectivity index (χ4v) is 1.19. The van der Waals surface area contributed by atoms with Crippen LogP contribution in [0.1, 0.15) is 40.3 Å². The van der Waals surface area contributed by atoms with Crippen molar-refractivity contribution in [2.75, 3.05) is 6.54 Å². The maximum absolute atomic E-state index is 11.8. The molecule has 2 N–H and O–H groups in total. The molecule has 0 radical (unpaired) electrons. The fraction of sp³-hybridized carbons (Fsp3) is 0.667. The van der Waals surface area contributed by atoms with Gasteiger partial charge in [-0.25, -0.2) is 14.3 Å². The van der Waals surface area contributed by atoms with Crippen LogP contribution in [0.3, 0.4) is 0 Å². The molecule has 0 aliphatic rings. The number of ether oxygens (including phenoxy) is 1. The van der Waals surface area contributed by atoms with E-state index in [1.54, 1.807) is 6.20 Å². The van der Waals surface area contributed by atoms with E-state index in [0.29, 0.717) is 6.54 Å². The van der Waals surface area contributed by atoms with E-state index in [-0.39, 0.29) is 5.41 Å². The van der Waals surface area contributed by atoms with Crippen LogP contribution in [-0.4, -0.2) is 27.8 Å². The summed E-state index contributed by atoms with van der Waals surface area (Å²) in [6, 6.07) is 0. The predicted octanol–water partition coefficient (Wildman–Crippen LogP) is 1.90. The molecule has 0 bridgehead atoms. The Hall–Kier alpha value is -1.36. The largest absolute Gasteiger partial charge is 0.443 e. The second-order valence-corrected chi connectivity index (χ2v) is 5.73. The highest BCUT2D eigenvalue weighted by atomic mass is 16.6. The standard InChI is InChI=1S/C12H21N3O2/c1-11(2,3)17-10(16)15-6-9(14-8-15)12(4,5)7-13/h6,8H,7,13H2,1-5H3. The Morgan fingerprint density at radius 1 is 1.41 bits per heavy atom. The average molecular weight is 239 g/mol. The molecule has 0 saturated heterocycles. The Balaban J connectivity index is 2.85. The Labute approximate surface area is 102 Å². The van der Waals surface area contributed by atoms with Crippen LogP contribution in [0.4, 0.5) is 4.79 Å². The number of hydrogen-bond acceptors (Lipinski definition) is 4. The van der Waals surface area contributed by atoms with E-state index in [1.165, 1.54) is 10.9 Å². The molecular formula is C12H21N3O2. The summed E-state index contributed by atoms with van der Waals surface area (Å²) >= 11 is 0. The molecular weight excluding hydrogens is 218 g/mol. The van der Waals surface area contributed by atoms with Crippen molar-refractivity contribution in [3.63, 3.8) is 0 Å². The molecule has 5 nitrogen and oxygen atoms in total. The van der Waals surface area contributed by atoms with E-state index in [2.05, 4.69) is 4.98 Å². The zero-order valence-corrected chi connectivity index (χ0v) is 11.2. The molecule has 1 aromatic heterocycles. The van der Waals surface area contributed by atoms with Crippen LogP contribution in [0, 0.1) is 0 Å². The summed E-state index contributed by atoms with van der Waals surface area (Å²) in [5.74, 6) is 0. The van der Waals surface area contributed by atoms with Gasteiger partial charge in [0.25, 0.3) is 0 Å². The zero-order valence-electron chi connectivity index (χ0n) is 11.2. The van der Waals surface area contributed by atoms with E-state index in [4.69, 9.17) is 10.5 Å². The SMILES string of the molecule is CC(C)(C)OC(=O)n1cnc(C(C)(C)CN)c1. The van der Waals surface area contributed by atoms with Crippen molar-refractivity contribution in [3.8, 4) is 0 Å². The van der Waals surface area contributed by atoms with E-state index < -0.39 is 11.7 Å². The third-order valence-electron chi connectivity index (χ3n) is 2.39. The third-order valence-corrected chi connectivity index (χ3v) is 2.39. The summed E-state index contributed by atoms with van der Waals surface area (Å²) in [5, 5.41) is 0. The van der Waals surface area contributed by atoms with Crippen molar-refractivity contribution in [1.29, 1.82) is 0 Å². The minimum atomic E-state index is -0.509. The average Bonchev–Trinajstić information content (AvgIpc) is 2.64. The third kappa shape index (κ3) is 3.56. The van der Waals surface area contributed by atoms with Gasteiger partial charge >= 0.3 is 6.09 Å². The minimum absolute atomic E-state index is 0.243. The van der Waals surface area contributed by atoms with Gasteiger partial charge in [0.2, 0.25) is 0 Å². The van der Waals surface area contributed by atoms with Gasteiger partial charge < -0.3 is 10.5 Å². The quantitative estimate of drug-likeness (QED) is 0.855. The summed E-state index contributed by atoms with van der Waals surface area (Å²) in [7, 11) is 0. The molecule has 0 fully saturated rings. The lowest BCUT2D eigenvalue weighted by Crippen LogP contribution is -2.29. The summed E-state index contributed by atoms with van der Waals surface area (Å²) in [5.41, 5.74) is 5.69.